The number of carboxylic acids is 1. The molecule has 0 spiro atoms. The molecule has 3 N–H and O–H groups in total. The Hall–Kier alpha value is -2.35. The third-order valence-electron chi connectivity index (χ3n) is 2.48. The quantitative estimate of drug-likeness (QED) is 0.780. The van der Waals surface area contributed by atoms with E-state index in [2.05, 4.69) is 14.9 Å². The molecule has 100 valence electrons. The minimum atomic E-state index is -3.74. The van der Waals surface area contributed by atoms with Crippen LogP contribution in [0.25, 0.3) is 0 Å². The lowest BCUT2D eigenvalue weighted by atomic mass is 10.1. The van der Waals surface area contributed by atoms with E-state index >= 15 is 0 Å². The third-order valence-corrected chi connectivity index (χ3v) is 3.78. The number of aromatic carboxylic acids is 1. The first-order valence-corrected chi connectivity index (χ1v) is 6.74. The van der Waals surface area contributed by atoms with Crippen LogP contribution in [-0.4, -0.2) is 29.7 Å². The summed E-state index contributed by atoms with van der Waals surface area (Å²) in [6.45, 7) is 1.62. The maximum absolute atomic E-state index is 11.9. The standard InChI is InChI=1S/C11H11N3O4S/c1-7-6-8(11(15)16)2-3-9(7)14-19(17,18)10-4-5-12-13-10/h2-6,14H,1H3,(H,12,13)(H,15,16). The first-order chi connectivity index (χ1) is 8.90. The molecule has 8 heteroatoms. The van der Waals surface area contributed by atoms with E-state index in [1.165, 1.54) is 30.5 Å². The van der Waals surface area contributed by atoms with Gasteiger partial charge in [0.2, 0.25) is 0 Å². The van der Waals surface area contributed by atoms with Crippen LogP contribution in [0.15, 0.2) is 35.5 Å². The van der Waals surface area contributed by atoms with Crippen LogP contribution in [0.1, 0.15) is 15.9 Å². The smallest absolute Gasteiger partial charge is 0.335 e. The molecule has 0 bridgehead atoms. The number of nitrogens with zero attached hydrogens (tertiary/aromatic N) is 1. The number of carboxylic acid groups (broad SMARTS) is 1. The normalized spacial score (nSPS) is 11.2. The highest BCUT2D eigenvalue weighted by Gasteiger charge is 2.17. The SMILES string of the molecule is Cc1cc(C(=O)O)ccc1NS(=O)(=O)c1ccn[nH]1. The van der Waals surface area contributed by atoms with Crippen molar-refractivity contribution in [1.82, 2.24) is 10.2 Å². The summed E-state index contributed by atoms with van der Waals surface area (Å²) in [5.41, 5.74) is 0.935. The van der Waals surface area contributed by atoms with Gasteiger partial charge in [-0.3, -0.25) is 9.82 Å². The van der Waals surface area contributed by atoms with Crippen LogP contribution >= 0.6 is 0 Å². The van der Waals surface area contributed by atoms with Crippen LogP contribution in [0.4, 0.5) is 5.69 Å². The fourth-order valence-corrected chi connectivity index (χ4v) is 2.55. The molecule has 0 saturated heterocycles. The Labute approximate surface area is 109 Å². The molecule has 0 atom stereocenters. The Morgan fingerprint density at radius 3 is 2.63 bits per heavy atom. The predicted molar refractivity (Wildman–Crippen MR) is 67.5 cm³/mol. The molecule has 0 unspecified atom stereocenters. The first-order valence-electron chi connectivity index (χ1n) is 5.26. The Balaban J connectivity index is 2.32. The van der Waals surface area contributed by atoms with Crippen molar-refractivity contribution in [3.63, 3.8) is 0 Å². The molecule has 1 aromatic carbocycles. The number of H-pyrrole nitrogens is 1. The highest BCUT2D eigenvalue weighted by molar-refractivity contribution is 7.92. The van der Waals surface area contributed by atoms with Crippen molar-refractivity contribution in [3.05, 3.63) is 41.6 Å². The van der Waals surface area contributed by atoms with Gasteiger partial charge in [-0.1, -0.05) is 0 Å². The summed E-state index contributed by atoms with van der Waals surface area (Å²) in [6.07, 6.45) is 1.33. The second-order valence-electron chi connectivity index (χ2n) is 3.86. The molecule has 2 aromatic rings. The van der Waals surface area contributed by atoms with Gasteiger partial charge in [0.25, 0.3) is 10.0 Å². The van der Waals surface area contributed by atoms with Crippen molar-refractivity contribution in [3.8, 4) is 0 Å². The lowest BCUT2D eigenvalue weighted by Gasteiger charge is -2.09. The molecule has 1 heterocycles. The zero-order valence-corrected chi connectivity index (χ0v) is 10.7. The second kappa shape index (κ2) is 4.73. The topological polar surface area (TPSA) is 112 Å². The molecule has 2 rings (SSSR count). The van der Waals surface area contributed by atoms with Crippen molar-refractivity contribution in [1.29, 1.82) is 0 Å². The molecule has 0 radical (unpaired) electrons. The molecular formula is C11H11N3O4S. The van der Waals surface area contributed by atoms with E-state index in [4.69, 9.17) is 5.11 Å². The number of rotatable bonds is 4. The van der Waals surface area contributed by atoms with Gasteiger partial charge >= 0.3 is 5.97 Å². The molecule has 0 amide bonds. The number of hydrogen-bond donors (Lipinski definition) is 3. The van der Waals surface area contributed by atoms with Gasteiger partial charge in [0.05, 0.1) is 17.4 Å². The number of aryl methyl sites for hydroxylation is 1. The summed E-state index contributed by atoms with van der Waals surface area (Å²) in [5, 5.41) is 14.7. The highest BCUT2D eigenvalue weighted by Crippen LogP contribution is 2.20. The van der Waals surface area contributed by atoms with Crippen LogP contribution in [0.3, 0.4) is 0 Å². The van der Waals surface area contributed by atoms with Crippen molar-refractivity contribution in [2.45, 2.75) is 11.9 Å². The largest absolute Gasteiger partial charge is 0.478 e. The zero-order valence-electron chi connectivity index (χ0n) is 9.91. The van der Waals surface area contributed by atoms with Crippen molar-refractivity contribution in [2.24, 2.45) is 0 Å². The van der Waals surface area contributed by atoms with Crippen LogP contribution in [0.5, 0.6) is 0 Å². The van der Waals surface area contributed by atoms with Gasteiger partial charge in [0.1, 0.15) is 0 Å². The molecule has 0 aliphatic heterocycles. The Morgan fingerprint density at radius 2 is 2.11 bits per heavy atom. The number of aromatic amines is 1. The van der Waals surface area contributed by atoms with E-state index in [9.17, 15) is 13.2 Å². The van der Waals surface area contributed by atoms with Gasteiger partial charge in [0, 0.05) is 0 Å². The van der Waals surface area contributed by atoms with E-state index in [1.54, 1.807) is 6.92 Å². The highest BCUT2D eigenvalue weighted by atomic mass is 32.2. The molecule has 7 nitrogen and oxygen atoms in total. The molecular weight excluding hydrogens is 270 g/mol. The summed E-state index contributed by atoms with van der Waals surface area (Å²) in [6, 6.07) is 5.46. The predicted octanol–water partition coefficient (Wildman–Crippen LogP) is 1.22. The van der Waals surface area contributed by atoms with E-state index in [0.29, 0.717) is 11.3 Å². The van der Waals surface area contributed by atoms with E-state index < -0.39 is 16.0 Å². The van der Waals surface area contributed by atoms with Gasteiger partial charge < -0.3 is 5.11 Å². The fraction of sp³-hybridized carbons (Fsp3) is 0.0909. The van der Waals surface area contributed by atoms with Crippen molar-refractivity contribution < 1.29 is 18.3 Å². The molecule has 0 aliphatic rings. The Kier molecular flexibility index (Phi) is 3.26. The van der Waals surface area contributed by atoms with Crippen LogP contribution in [0, 0.1) is 6.92 Å². The molecule has 0 saturated carbocycles. The first kappa shape index (κ1) is 13.1. The molecule has 0 fully saturated rings. The Bertz CT molecular complexity index is 708. The second-order valence-corrected chi connectivity index (χ2v) is 5.51. The van der Waals surface area contributed by atoms with Gasteiger partial charge in [-0.2, -0.15) is 13.5 Å². The molecule has 0 aliphatic carbocycles. The number of nitrogens with one attached hydrogen (secondary N) is 2. The average molecular weight is 281 g/mol. The number of benzene rings is 1. The van der Waals surface area contributed by atoms with Gasteiger partial charge in [-0.05, 0) is 36.8 Å². The number of aromatic nitrogens is 2. The van der Waals surface area contributed by atoms with Crippen LogP contribution < -0.4 is 4.72 Å². The van der Waals surface area contributed by atoms with E-state index in [-0.39, 0.29) is 10.6 Å². The lowest BCUT2D eigenvalue weighted by Crippen LogP contribution is -2.14. The van der Waals surface area contributed by atoms with Gasteiger partial charge in [-0.25, -0.2) is 4.79 Å². The summed E-state index contributed by atoms with van der Waals surface area (Å²) in [4.78, 5) is 10.8. The number of anilines is 1. The minimum absolute atomic E-state index is 0.0609. The third kappa shape index (κ3) is 2.74. The summed E-state index contributed by atoms with van der Waals surface area (Å²) in [5.74, 6) is -1.06. The van der Waals surface area contributed by atoms with Crippen LogP contribution in [0.2, 0.25) is 0 Å². The summed E-state index contributed by atoms with van der Waals surface area (Å²) in [7, 11) is -3.74. The summed E-state index contributed by atoms with van der Waals surface area (Å²) >= 11 is 0. The Morgan fingerprint density at radius 1 is 1.37 bits per heavy atom. The number of sulfonamides is 1. The van der Waals surface area contributed by atoms with E-state index in [0.717, 1.165) is 0 Å². The van der Waals surface area contributed by atoms with Gasteiger partial charge in [-0.15, -0.1) is 0 Å². The average Bonchev–Trinajstić information content (AvgIpc) is 2.85. The van der Waals surface area contributed by atoms with E-state index in [1.807, 2.05) is 0 Å². The fourth-order valence-electron chi connectivity index (χ4n) is 1.50. The van der Waals surface area contributed by atoms with Crippen molar-refractivity contribution in [2.75, 3.05) is 4.72 Å². The maximum atomic E-state index is 11.9. The molecule has 1 aromatic heterocycles. The van der Waals surface area contributed by atoms with Crippen molar-refractivity contribution >= 4 is 21.7 Å². The monoisotopic (exact) mass is 281 g/mol. The minimum Gasteiger partial charge on any atom is -0.478 e. The zero-order chi connectivity index (χ0) is 14.0. The summed E-state index contributed by atoms with van der Waals surface area (Å²) < 4.78 is 26.2. The number of carbonyl (C=O) groups is 1. The van der Waals surface area contributed by atoms with Gasteiger partial charge in [0.15, 0.2) is 5.03 Å². The lowest BCUT2D eigenvalue weighted by molar-refractivity contribution is 0.0697. The van der Waals surface area contributed by atoms with Crippen LogP contribution in [-0.2, 0) is 10.0 Å². The number of hydrogen-bond acceptors (Lipinski definition) is 4. The maximum Gasteiger partial charge on any atom is 0.335 e. The molecule has 19 heavy (non-hydrogen) atoms.